The largest absolute Gasteiger partial charge is 0.316 e. The van der Waals surface area contributed by atoms with Gasteiger partial charge in [-0.15, -0.1) is 0 Å². The number of rotatable bonds is 3. The first-order valence-corrected chi connectivity index (χ1v) is 7.46. The van der Waals surface area contributed by atoms with Gasteiger partial charge in [-0.1, -0.05) is 6.92 Å². The Bertz CT molecular complexity index is 448. The Balaban J connectivity index is 1.84. The van der Waals surface area contributed by atoms with Crippen LogP contribution in [0, 0.1) is 18.8 Å². The van der Waals surface area contributed by atoms with E-state index in [0.717, 1.165) is 23.2 Å². The maximum absolute atomic E-state index is 4.57. The van der Waals surface area contributed by atoms with Gasteiger partial charge < -0.3 is 5.32 Å². The van der Waals surface area contributed by atoms with E-state index >= 15 is 0 Å². The molecular weight excluding hydrogens is 236 g/mol. The van der Waals surface area contributed by atoms with E-state index in [1.165, 1.54) is 26.1 Å². The van der Waals surface area contributed by atoms with Gasteiger partial charge in [-0.25, -0.2) is 0 Å². The number of aromatic nitrogens is 2. The molecule has 0 aliphatic carbocycles. The smallest absolute Gasteiger partial charge is 0.0784 e. The fourth-order valence-corrected chi connectivity index (χ4v) is 4.02. The molecule has 0 spiro atoms. The van der Waals surface area contributed by atoms with Crippen molar-refractivity contribution in [2.75, 3.05) is 19.6 Å². The van der Waals surface area contributed by atoms with Gasteiger partial charge in [0.15, 0.2) is 0 Å². The van der Waals surface area contributed by atoms with Gasteiger partial charge in [0.25, 0.3) is 0 Å². The Morgan fingerprint density at radius 2 is 2.16 bits per heavy atom. The van der Waals surface area contributed by atoms with E-state index in [1.54, 1.807) is 6.20 Å². The minimum atomic E-state index is 0.379. The Kier molecular flexibility index (Phi) is 3.54. The molecule has 0 aromatic carbocycles. The molecule has 2 aliphatic heterocycles. The summed E-state index contributed by atoms with van der Waals surface area (Å²) in [5.74, 6) is 1.65. The standard InChI is InChI=1S/C15H24N4/c1-4-14-13-8-16-7-12(13)9-19(14)11(3)15-10(2)17-5-6-18-15/h5-6,11-14,16H,4,7-9H2,1-3H3. The number of nitrogens with one attached hydrogen (secondary N) is 1. The van der Waals surface area contributed by atoms with Crippen LogP contribution in [0.15, 0.2) is 12.4 Å². The summed E-state index contributed by atoms with van der Waals surface area (Å²) in [6.07, 6.45) is 4.83. The maximum atomic E-state index is 4.57. The van der Waals surface area contributed by atoms with Crippen LogP contribution in [0.5, 0.6) is 0 Å². The summed E-state index contributed by atoms with van der Waals surface area (Å²) < 4.78 is 0. The first-order valence-electron chi connectivity index (χ1n) is 7.46. The topological polar surface area (TPSA) is 41.0 Å². The van der Waals surface area contributed by atoms with Gasteiger partial charge in [-0.2, -0.15) is 0 Å². The van der Waals surface area contributed by atoms with Crippen LogP contribution < -0.4 is 5.32 Å². The van der Waals surface area contributed by atoms with Gasteiger partial charge in [0, 0.05) is 25.0 Å². The van der Waals surface area contributed by atoms with Gasteiger partial charge in [0.2, 0.25) is 0 Å². The average molecular weight is 260 g/mol. The first kappa shape index (κ1) is 13.0. The minimum absolute atomic E-state index is 0.379. The lowest BCUT2D eigenvalue weighted by molar-refractivity contribution is 0.162. The molecule has 0 saturated carbocycles. The lowest BCUT2D eigenvalue weighted by Gasteiger charge is -2.32. The molecule has 0 radical (unpaired) electrons. The van der Waals surface area contributed by atoms with Crippen LogP contribution in [-0.4, -0.2) is 40.5 Å². The monoisotopic (exact) mass is 260 g/mol. The van der Waals surface area contributed by atoms with E-state index in [4.69, 9.17) is 0 Å². The van der Waals surface area contributed by atoms with Crippen LogP contribution in [0.4, 0.5) is 0 Å². The fourth-order valence-electron chi connectivity index (χ4n) is 4.02. The number of nitrogens with zero attached hydrogens (tertiary/aromatic N) is 3. The Morgan fingerprint density at radius 1 is 1.37 bits per heavy atom. The lowest BCUT2D eigenvalue weighted by Crippen LogP contribution is -2.37. The van der Waals surface area contributed by atoms with Crippen molar-refractivity contribution >= 4 is 0 Å². The van der Waals surface area contributed by atoms with Gasteiger partial charge in [0.05, 0.1) is 17.4 Å². The second kappa shape index (κ2) is 5.17. The molecule has 2 saturated heterocycles. The number of aryl methyl sites for hydroxylation is 1. The summed E-state index contributed by atoms with van der Waals surface area (Å²) >= 11 is 0. The summed E-state index contributed by atoms with van der Waals surface area (Å²) in [6, 6.07) is 1.07. The predicted molar refractivity (Wildman–Crippen MR) is 75.8 cm³/mol. The second-order valence-electron chi connectivity index (χ2n) is 5.96. The summed E-state index contributed by atoms with van der Waals surface area (Å²) in [5.41, 5.74) is 2.22. The van der Waals surface area contributed by atoms with E-state index in [-0.39, 0.29) is 0 Å². The molecule has 0 bridgehead atoms. The first-order chi connectivity index (χ1) is 9.22. The molecule has 4 nitrogen and oxygen atoms in total. The van der Waals surface area contributed by atoms with Crippen LogP contribution in [0.25, 0.3) is 0 Å². The third-order valence-electron chi connectivity index (χ3n) is 4.99. The summed E-state index contributed by atoms with van der Waals surface area (Å²) in [5, 5.41) is 3.54. The number of likely N-dealkylation sites (tertiary alicyclic amines) is 1. The molecule has 1 N–H and O–H groups in total. The Hall–Kier alpha value is -1.00. The highest BCUT2D eigenvalue weighted by Crippen LogP contribution is 2.39. The maximum Gasteiger partial charge on any atom is 0.0784 e. The molecule has 3 heterocycles. The molecule has 4 atom stereocenters. The van der Waals surface area contributed by atoms with Crippen molar-refractivity contribution in [2.45, 2.75) is 39.3 Å². The average Bonchev–Trinajstić information content (AvgIpc) is 2.98. The summed E-state index contributed by atoms with van der Waals surface area (Å²) in [7, 11) is 0. The van der Waals surface area contributed by atoms with E-state index in [0.29, 0.717) is 12.1 Å². The zero-order chi connectivity index (χ0) is 13.4. The minimum Gasteiger partial charge on any atom is -0.316 e. The van der Waals surface area contributed by atoms with E-state index < -0.39 is 0 Å². The molecule has 19 heavy (non-hydrogen) atoms. The molecule has 2 fully saturated rings. The van der Waals surface area contributed by atoms with E-state index in [2.05, 4.69) is 41.0 Å². The molecule has 1 aromatic rings. The van der Waals surface area contributed by atoms with Crippen LogP contribution >= 0.6 is 0 Å². The predicted octanol–water partition coefficient (Wildman–Crippen LogP) is 1.78. The molecule has 2 aliphatic rings. The van der Waals surface area contributed by atoms with Crippen molar-refractivity contribution < 1.29 is 0 Å². The van der Waals surface area contributed by atoms with Crippen molar-refractivity contribution in [3.63, 3.8) is 0 Å². The second-order valence-corrected chi connectivity index (χ2v) is 5.96. The SMILES string of the molecule is CCC1C2CNCC2CN1C(C)c1nccnc1C. The van der Waals surface area contributed by atoms with Crippen molar-refractivity contribution in [3.05, 3.63) is 23.8 Å². The molecule has 0 amide bonds. The highest BCUT2D eigenvalue weighted by molar-refractivity contribution is 5.14. The van der Waals surface area contributed by atoms with Crippen LogP contribution in [0.2, 0.25) is 0 Å². The molecule has 104 valence electrons. The number of hydrogen-bond donors (Lipinski definition) is 1. The Morgan fingerprint density at radius 3 is 2.89 bits per heavy atom. The number of fused-ring (bicyclic) bond motifs is 1. The third-order valence-corrected chi connectivity index (χ3v) is 4.99. The van der Waals surface area contributed by atoms with Crippen molar-refractivity contribution in [1.82, 2.24) is 20.2 Å². The van der Waals surface area contributed by atoms with Gasteiger partial charge >= 0.3 is 0 Å². The molecule has 3 rings (SSSR count). The zero-order valence-electron chi connectivity index (χ0n) is 12.1. The van der Waals surface area contributed by atoms with Crippen LogP contribution in [0.1, 0.15) is 37.7 Å². The molecule has 4 unspecified atom stereocenters. The lowest BCUT2D eigenvalue weighted by atomic mass is 9.92. The van der Waals surface area contributed by atoms with Gasteiger partial charge in [0.1, 0.15) is 0 Å². The normalized spacial score (nSPS) is 32.5. The van der Waals surface area contributed by atoms with E-state index in [1.807, 2.05) is 6.20 Å². The number of hydrogen-bond acceptors (Lipinski definition) is 4. The van der Waals surface area contributed by atoms with E-state index in [9.17, 15) is 0 Å². The highest BCUT2D eigenvalue weighted by Gasteiger charge is 2.45. The molecular formula is C15H24N4. The quantitative estimate of drug-likeness (QED) is 0.899. The molecule has 1 aromatic heterocycles. The van der Waals surface area contributed by atoms with Crippen LogP contribution in [0.3, 0.4) is 0 Å². The Labute approximate surface area is 115 Å². The molecule has 4 heteroatoms. The van der Waals surface area contributed by atoms with Crippen molar-refractivity contribution in [3.8, 4) is 0 Å². The van der Waals surface area contributed by atoms with Crippen LogP contribution in [-0.2, 0) is 0 Å². The highest BCUT2D eigenvalue weighted by atomic mass is 15.2. The van der Waals surface area contributed by atoms with Gasteiger partial charge in [-0.3, -0.25) is 14.9 Å². The zero-order valence-corrected chi connectivity index (χ0v) is 12.1. The third kappa shape index (κ3) is 2.17. The van der Waals surface area contributed by atoms with Crippen molar-refractivity contribution in [2.24, 2.45) is 11.8 Å². The summed E-state index contributed by atoms with van der Waals surface area (Å²) in [6.45, 7) is 10.2. The van der Waals surface area contributed by atoms with Gasteiger partial charge in [-0.05, 0) is 45.2 Å². The summed E-state index contributed by atoms with van der Waals surface area (Å²) in [4.78, 5) is 11.6. The van der Waals surface area contributed by atoms with Crippen molar-refractivity contribution in [1.29, 1.82) is 0 Å². The fraction of sp³-hybridized carbons (Fsp3) is 0.733.